The van der Waals surface area contributed by atoms with Crippen LogP contribution in [0.1, 0.15) is 28.4 Å². The van der Waals surface area contributed by atoms with Crippen LogP contribution in [0, 0.1) is 5.82 Å². The molecule has 0 aliphatic rings. The summed E-state index contributed by atoms with van der Waals surface area (Å²) in [4.78, 5) is 30.2. The van der Waals surface area contributed by atoms with E-state index in [2.05, 4.69) is 20.9 Å². The molecule has 180 valence electrons. The van der Waals surface area contributed by atoms with Gasteiger partial charge in [0.1, 0.15) is 5.82 Å². The summed E-state index contributed by atoms with van der Waals surface area (Å²) in [6.07, 6.45) is 0.920. The van der Waals surface area contributed by atoms with Gasteiger partial charge in [0.25, 0.3) is 5.91 Å². The van der Waals surface area contributed by atoms with Crippen molar-refractivity contribution >= 4 is 41.8 Å². The molecule has 33 heavy (non-hydrogen) atoms. The number of nitrogens with one attached hydrogen (secondary N) is 3. The molecule has 2 amide bonds. The van der Waals surface area contributed by atoms with E-state index in [4.69, 9.17) is 0 Å². The molecule has 3 N–H and O–H groups in total. The summed E-state index contributed by atoms with van der Waals surface area (Å²) < 4.78 is 12.9. The number of nitrogens with zero attached hydrogens (tertiary/aromatic N) is 2. The van der Waals surface area contributed by atoms with Gasteiger partial charge in [0.05, 0.1) is 6.42 Å². The minimum absolute atomic E-state index is 0. The Morgan fingerprint density at radius 3 is 2.33 bits per heavy atom. The van der Waals surface area contributed by atoms with Crippen molar-refractivity contribution in [2.75, 3.05) is 40.3 Å². The number of carbonyl (C=O) groups is 2. The molecule has 7 nitrogen and oxygen atoms in total. The number of amides is 2. The van der Waals surface area contributed by atoms with Crippen LogP contribution in [0.4, 0.5) is 4.39 Å². The molecule has 0 spiro atoms. The van der Waals surface area contributed by atoms with Crippen molar-refractivity contribution in [3.8, 4) is 0 Å². The fraction of sp³-hybridized carbons (Fsp3) is 0.375. The molecule has 2 rings (SSSR count). The number of guanidine groups is 1. The molecular weight excluding hydrogens is 536 g/mol. The van der Waals surface area contributed by atoms with Crippen LogP contribution in [0.15, 0.2) is 53.5 Å². The van der Waals surface area contributed by atoms with Crippen LogP contribution in [-0.2, 0) is 17.6 Å². The van der Waals surface area contributed by atoms with Crippen LogP contribution in [0.5, 0.6) is 0 Å². The molecule has 0 atom stereocenters. The molecular formula is C24H33FIN5O2. The number of aliphatic imine (C=N–C) groups is 1. The van der Waals surface area contributed by atoms with Crippen LogP contribution in [0.2, 0.25) is 0 Å². The Morgan fingerprint density at radius 2 is 1.67 bits per heavy atom. The van der Waals surface area contributed by atoms with Crippen molar-refractivity contribution in [1.82, 2.24) is 20.9 Å². The maximum atomic E-state index is 12.9. The van der Waals surface area contributed by atoms with Gasteiger partial charge in [-0.1, -0.05) is 24.3 Å². The first-order valence-electron chi connectivity index (χ1n) is 10.7. The van der Waals surface area contributed by atoms with Gasteiger partial charge in [-0.2, -0.15) is 0 Å². The zero-order valence-corrected chi connectivity index (χ0v) is 21.7. The molecule has 0 aliphatic carbocycles. The molecule has 2 aromatic rings. The molecule has 0 aliphatic heterocycles. The van der Waals surface area contributed by atoms with Gasteiger partial charge >= 0.3 is 0 Å². The fourth-order valence-electron chi connectivity index (χ4n) is 2.99. The van der Waals surface area contributed by atoms with E-state index in [-0.39, 0.29) is 48.0 Å². The third kappa shape index (κ3) is 10.6. The Balaban J connectivity index is 0.00000544. The van der Waals surface area contributed by atoms with Gasteiger partial charge in [0, 0.05) is 45.8 Å². The van der Waals surface area contributed by atoms with E-state index in [1.165, 1.54) is 12.1 Å². The normalized spacial score (nSPS) is 10.7. The van der Waals surface area contributed by atoms with Crippen LogP contribution >= 0.6 is 24.0 Å². The molecule has 0 heterocycles. The maximum absolute atomic E-state index is 12.9. The lowest BCUT2D eigenvalue weighted by Gasteiger charge is -2.12. The van der Waals surface area contributed by atoms with E-state index >= 15 is 0 Å². The standard InChI is InChI=1S/C24H32FN5O2.HI/c1-4-26-24(28-13-12-18-6-5-7-20(16-18)23(32)30(2)3)29-15-14-27-22(31)17-19-8-10-21(25)11-9-19;/h5-11,16H,4,12-15,17H2,1-3H3,(H,27,31)(H2,26,28,29);1H. The van der Waals surface area contributed by atoms with Gasteiger partial charge in [-0.25, -0.2) is 4.39 Å². The molecule has 0 unspecified atom stereocenters. The van der Waals surface area contributed by atoms with Gasteiger partial charge in [-0.15, -0.1) is 24.0 Å². The monoisotopic (exact) mass is 569 g/mol. The summed E-state index contributed by atoms with van der Waals surface area (Å²) >= 11 is 0. The fourth-order valence-corrected chi connectivity index (χ4v) is 2.99. The number of hydrogen-bond donors (Lipinski definition) is 3. The summed E-state index contributed by atoms with van der Waals surface area (Å²) in [6.45, 7) is 4.23. The lowest BCUT2D eigenvalue weighted by atomic mass is 10.1. The summed E-state index contributed by atoms with van der Waals surface area (Å²) in [6, 6.07) is 13.5. The van der Waals surface area contributed by atoms with E-state index in [1.807, 2.05) is 31.2 Å². The summed E-state index contributed by atoms with van der Waals surface area (Å²) in [5.41, 5.74) is 2.48. The number of benzene rings is 2. The Labute approximate surface area is 212 Å². The van der Waals surface area contributed by atoms with Crippen molar-refractivity contribution in [2.24, 2.45) is 4.99 Å². The molecule has 0 aromatic heterocycles. The van der Waals surface area contributed by atoms with E-state index in [0.29, 0.717) is 37.6 Å². The highest BCUT2D eigenvalue weighted by Gasteiger charge is 2.08. The zero-order chi connectivity index (χ0) is 23.3. The molecule has 2 aromatic carbocycles. The highest BCUT2D eigenvalue weighted by Crippen LogP contribution is 2.08. The Bertz CT molecular complexity index is 919. The van der Waals surface area contributed by atoms with Crippen molar-refractivity contribution in [3.63, 3.8) is 0 Å². The molecule has 0 saturated heterocycles. The van der Waals surface area contributed by atoms with Crippen LogP contribution < -0.4 is 16.0 Å². The highest BCUT2D eigenvalue weighted by molar-refractivity contribution is 14.0. The Morgan fingerprint density at radius 1 is 0.970 bits per heavy atom. The lowest BCUT2D eigenvalue weighted by Crippen LogP contribution is -2.41. The average molecular weight is 569 g/mol. The second-order valence-corrected chi connectivity index (χ2v) is 7.49. The smallest absolute Gasteiger partial charge is 0.253 e. The summed E-state index contributed by atoms with van der Waals surface area (Å²) in [5, 5.41) is 9.21. The van der Waals surface area contributed by atoms with Crippen molar-refractivity contribution in [3.05, 3.63) is 71.0 Å². The van der Waals surface area contributed by atoms with E-state index < -0.39 is 0 Å². The van der Waals surface area contributed by atoms with Gasteiger partial charge in [0.15, 0.2) is 5.96 Å². The highest BCUT2D eigenvalue weighted by atomic mass is 127. The van der Waals surface area contributed by atoms with Crippen molar-refractivity contribution in [1.29, 1.82) is 0 Å². The van der Waals surface area contributed by atoms with Crippen molar-refractivity contribution < 1.29 is 14.0 Å². The first kappa shape index (κ1) is 28.3. The zero-order valence-electron chi connectivity index (χ0n) is 19.4. The van der Waals surface area contributed by atoms with Crippen molar-refractivity contribution in [2.45, 2.75) is 19.8 Å². The third-order valence-corrected chi connectivity index (χ3v) is 4.61. The minimum Gasteiger partial charge on any atom is -0.357 e. The van der Waals surface area contributed by atoms with Gasteiger partial charge in [0.2, 0.25) is 5.91 Å². The predicted molar refractivity (Wildman–Crippen MR) is 141 cm³/mol. The number of carbonyl (C=O) groups excluding carboxylic acids is 2. The van der Waals surface area contributed by atoms with Gasteiger partial charge in [-0.05, 0) is 48.7 Å². The number of rotatable bonds is 10. The average Bonchev–Trinajstić information content (AvgIpc) is 2.78. The largest absolute Gasteiger partial charge is 0.357 e. The molecule has 0 saturated carbocycles. The summed E-state index contributed by atoms with van der Waals surface area (Å²) in [5.74, 6) is 0.212. The van der Waals surface area contributed by atoms with E-state index in [1.54, 1.807) is 31.1 Å². The number of hydrogen-bond acceptors (Lipinski definition) is 3. The first-order chi connectivity index (χ1) is 15.4. The Hall–Kier alpha value is -2.69. The summed E-state index contributed by atoms with van der Waals surface area (Å²) in [7, 11) is 3.47. The SMILES string of the molecule is CCNC(=NCCc1cccc(C(=O)N(C)C)c1)NCCNC(=O)Cc1ccc(F)cc1.I. The molecule has 0 bridgehead atoms. The van der Waals surface area contributed by atoms with Gasteiger partial charge < -0.3 is 20.9 Å². The van der Waals surface area contributed by atoms with Crippen LogP contribution in [0.3, 0.4) is 0 Å². The van der Waals surface area contributed by atoms with Gasteiger partial charge in [-0.3, -0.25) is 14.6 Å². The van der Waals surface area contributed by atoms with Crippen LogP contribution in [-0.4, -0.2) is 62.9 Å². The maximum Gasteiger partial charge on any atom is 0.253 e. The lowest BCUT2D eigenvalue weighted by molar-refractivity contribution is -0.120. The first-order valence-corrected chi connectivity index (χ1v) is 10.7. The quantitative estimate of drug-likeness (QED) is 0.178. The van der Waals surface area contributed by atoms with E-state index in [0.717, 1.165) is 17.7 Å². The minimum atomic E-state index is -0.316. The second kappa shape index (κ2) is 15.2. The molecule has 9 heteroatoms. The third-order valence-electron chi connectivity index (χ3n) is 4.61. The predicted octanol–water partition coefficient (Wildman–Crippen LogP) is 2.60. The second-order valence-electron chi connectivity index (χ2n) is 7.49. The molecule has 0 radical (unpaired) electrons. The van der Waals surface area contributed by atoms with Crippen LogP contribution in [0.25, 0.3) is 0 Å². The number of halogens is 2. The Kier molecular flexibility index (Phi) is 13.1. The van der Waals surface area contributed by atoms with E-state index in [9.17, 15) is 14.0 Å². The topological polar surface area (TPSA) is 85.8 Å². The molecule has 0 fully saturated rings.